The molecule has 4 aromatic rings. The molecule has 0 fully saturated rings. The molecule has 0 aliphatic rings. The minimum Gasteiger partial charge on any atom is -0.360 e. The second-order valence-electron chi connectivity index (χ2n) is 8.85. The number of fused-ring (bicyclic) bond motifs is 2. The summed E-state index contributed by atoms with van der Waals surface area (Å²) in [5.74, 6) is -0.0227. The van der Waals surface area contributed by atoms with Crippen LogP contribution in [0.2, 0.25) is 5.02 Å². The molecule has 4 rings (SSSR count). The number of quaternary nitrogens is 1. The van der Waals surface area contributed by atoms with Gasteiger partial charge < -0.3 is 14.4 Å². The van der Waals surface area contributed by atoms with E-state index in [1.54, 1.807) is 11.0 Å². The molecule has 2 heterocycles. The van der Waals surface area contributed by atoms with Gasteiger partial charge in [0.1, 0.15) is 0 Å². The SMILES string of the molecule is CN(CC[N+](C)(C)C)C(=O)c1cc(-c2c[nH]c3ccc(Br)cc23)nc2cc(Cl)ccc12. The first-order chi connectivity index (χ1) is 14.6. The number of carbonyl (C=O) groups excluding carboxylic acids is 1. The normalized spacial score (nSPS) is 11.9. The number of aromatic nitrogens is 2. The van der Waals surface area contributed by atoms with Crippen LogP contribution in [-0.2, 0) is 0 Å². The molecule has 0 saturated carbocycles. The topological polar surface area (TPSA) is 49.0 Å². The lowest BCUT2D eigenvalue weighted by atomic mass is 10.0. The molecule has 5 nitrogen and oxygen atoms in total. The first kappa shape index (κ1) is 21.8. The van der Waals surface area contributed by atoms with Gasteiger partial charge in [-0.2, -0.15) is 0 Å². The third-order valence-corrected chi connectivity index (χ3v) is 6.10. The van der Waals surface area contributed by atoms with Gasteiger partial charge in [-0.1, -0.05) is 33.6 Å². The lowest BCUT2D eigenvalue weighted by Crippen LogP contribution is -2.42. The van der Waals surface area contributed by atoms with Crippen molar-refractivity contribution >= 4 is 55.2 Å². The van der Waals surface area contributed by atoms with E-state index < -0.39 is 0 Å². The van der Waals surface area contributed by atoms with Crippen molar-refractivity contribution in [1.29, 1.82) is 0 Å². The summed E-state index contributed by atoms with van der Waals surface area (Å²) >= 11 is 9.81. The van der Waals surface area contributed by atoms with E-state index in [-0.39, 0.29) is 5.91 Å². The van der Waals surface area contributed by atoms with Crippen molar-refractivity contribution in [2.24, 2.45) is 0 Å². The Morgan fingerprint density at radius 3 is 2.65 bits per heavy atom. The van der Waals surface area contributed by atoms with Crippen LogP contribution in [0.1, 0.15) is 10.4 Å². The molecule has 2 aromatic carbocycles. The predicted octanol–water partition coefficient (Wildman–Crippen LogP) is 5.58. The molecule has 0 spiro atoms. The summed E-state index contributed by atoms with van der Waals surface area (Å²) in [5.41, 5.74) is 4.03. The molecule has 1 amide bonds. The van der Waals surface area contributed by atoms with E-state index in [9.17, 15) is 4.79 Å². The van der Waals surface area contributed by atoms with E-state index in [1.807, 2.05) is 43.6 Å². The fraction of sp³-hybridized carbons (Fsp3) is 0.250. The number of amides is 1. The second-order valence-corrected chi connectivity index (χ2v) is 10.2. The van der Waals surface area contributed by atoms with Crippen LogP contribution in [0.4, 0.5) is 0 Å². The zero-order chi connectivity index (χ0) is 22.3. The molecule has 0 saturated heterocycles. The third-order valence-electron chi connectivity index (χ3n) is 5.37. The Kier molecular flexibility index (Phi) is 5.81. The van der Waals surface area contributed by atoms with Crippen molar-refractivity contribution in [2.45, 2.75) is 0 Å². The lowest BCUT2D eigenvalue weighted by Gasteiger charge is -2.27. The summed E-state index contributed by atoms with van der Waals surface area (Å²) < 4.78 is 1.78. The Labute approximate surface area is 195 Å². The Balaban J connectivity index is 1.85. The molecular formula is C24H25BrClN4O+. The van der Waals surface area contributed by atoms with Crippen molar-refractivity contribution in [2.75, 3.05) is 41.3 Å². The van der Waals surface area contributed by atoms with Gasteiger partial charge in [0.2, 0.25) is 0 Å². The lowest BCUT2D eigenvalue weighted by molar-refractivity contribution is -0.869. The number of hydrogen-bond donors (Lipinski definition) is 1. The van der Waals surface area contributed by atoms with Gasteiger partial charge in [0, 0.05) is 44.6 Å². The van der Waals surface area contributed by atoms with Gasteiger partial charge in [-0.3, -0.25) is 4.79 Å². The molecule has 160 valence electrons. The Morgan fingerprint density at radius 1 is 1.13 bits per heavy atom. The van der Waals surface area contributed by atoms with Crippen LogP contribution in [0.25, 0.3) is 33.1 Å². The number of aromatic amines is 1. The average molecular weight is 501 g/mol. The van der Waals surface area contributed by atoms with Crippen LogP contribution in [0.15, 0.2) is 53.1 Å². The minimum atomic E-state index is -0.0227. The number of pyridine rings is 1. The van der Waals surface area contributed by atoms with E-state index in [1.165, 1.54) is 0 Å². The maximum atomic E-state index is 13.4. The van der Waals surface area contributed by atoms with Gasteiger partial charge in [0.25, 0.3) is 5.91 Å². The van der Waals surface area contributed by atoms with Crippen molar-refractivity contribution in [3.63, 3.8) is 0 Å². The number of nitrogens with one attached hydrogen (secondary N) is 1. The molecule has 7 heteroatoms. The quantitative estimate of drug-likeness (QED) is 0.364. The van der Waals surface area contributed by atoms with Crippen LogP contribution in [0.5, 0.6) is 0 Å². The molecule has 0 radical (unpaired) electrons. The summed E-state index contributed by atoms with van der Waals surface area (Å²) in [4.78, 5) is 23.4. The highest BCUT2D eigenvalue weighted by Gasteiger charge is 2.20. The summed E-state index contributed by atoms with van der Waals surface area (Å²) in [5, 5.41) is 2.44. The zero-order valence-corrected chi connectivity index (χ0v) is 20.4. The molecule has 1 N–H and O–H groups in total. The maximum absolute atomic E-state index is 13.4. The van der Waals surface area contributed by atoms with E-state index >= 15 is 0 Å². The molecular weight excluding hydrogens is 476 g/mol. The standard InChI is InChI=1S/C24H25BrClN4O/c1-29(9-10-30(2,3)4)24(31)19-13-23(28-22-12-16(26)6-7-17(19)22)20-14-27-21-8-5-15(25)11-18(20)21/h5-8,11-14,27H,9-10H2,1-4H3/q+1. The van der Waals surface area contributed by atoms with Gasteiger partial charge in [-0.25, -0.2) is 4.98 Å². The smallest absolute Gasteiger partial charge is 0.254 e. The molecule has 0 aliphatic heterocycles. The average Bonchev–Trinajstić information content (AvgIpc) is 3.12. The number of nitrogens with zero attached hydrogens (tertiary/aromatic N) is 3. The Morgan fingerprint density at radius 2 is 1.90 bits per heavy atom. The van der Waals surface area contributed by atoms with Gasteiger partial charge in [-0.15, -0.1) is 0 Å². The Hall–Kier alpha value is -2.41. The van der Waals surface area contributed by atoms with Gasteiger partial charge >= 0.3 is 0 Å². The zero-order valence-electron chi connectivity index (χ0n) is 18.0. The number of likely N-dealkylation sites (N-methyl/N-ethyl adjacent to an activating group) is 2. The highest BCUT2D eigenvalue weighted by molar-refractivity contribution is 9.10. The summed E-state index contributed by atoms with van der Waals surface area (Å²) in [7, 11) is 8.21. The largest absolute Gasteiger partial charge is 0.360 e. The highest BCUT2D eigenvalue weighted by Crippen LogP contribution is 2.33. The van der Waals surface area contributed by atoms with Gasteiger partial charge in [0.15, 0.2) is 0 Å². The third kappa shape index (κ3) is 4.61. The monoisotopic (exact) mass is 499 g/mol. The van der Waals surface area contributed by atoms with Gasteiger partial charge in [-0.05, 0) is 36.4 Å². The second kappa shape index (κ2) is 8.26. The maximum Gasteiger partial charge on any atom is 0.254 e. The molecule has 0 bridgehead atoms. The number of H-pyrrole nitrogens is 1. The molecule has 31 heavy (non-hydrogen) atoms. The van der Waals surface area contributed by atoms with E-state index in [0.29, 0.717) is 22.6 Å². The number of hydrogen-bond acceptors (Lipinski definition) is 2. The van der Waals surface area contributed by atoms with Crippen molar-refractivity contribution in [3.8, 4) is 11.3 Å². The van der Waals surface area contributed by atoms with E-state index in [2.05, 4.69) is 48.1 Å². The van der Waals surface area contributed by atoms with Crippen LogP contribution in [-0.4, -0.2) is 66.5 Å². The molecule has 0 unspecified atom stereocenters. The molecule has 2 aromatic heterocycles. The minimum absolute atomic E-state index is 0.0227. The van der Waals surface area contributed by atoms with Gasteiger partial charge in [0.05, 0.1) is 51.0 Å². The predicted molar refractivity (Wildman–Crippen MR) is 132 cm³/mol. The summed E-state index contributed by atoms with van der Waals surface area (Å²) in [6, 6.07) is 13.5. The number of halogens is 2. The van der Waals surface area contributed by atoms with Crippen molar-refractivity contribution < 1.29 is 9.28 Å². The summed E-state index contributed by atoms with van der Waals surface area (Å²) in [6.45, 7) is 1.52. The molecule has 0 atom stereocenters. The first-order valence-corrected chi connectivity index (χ1v) is 11.2. The fourth-order valence-electron chi connectivity index (χ4n) is 3.58. The fourth-order valence-corrected chi connectivity index (χ4v) is 4.11. The number of benzene rings is 2. The van der Waals surface area contributed by atoms with Crippen LogP contribution in [0, 0.1) is 0 Å². The highest BCUT2D eigenvalue weighted by atomic mass is 79.9. The van der Waals surface area contributed by atoms with Crippen LogP contribution >= 0.6 is 27.5 Å². The Bertz CT molecular complexity index is 1290. The van der Waals surface area contributed by atoms with Crippen molar-refractivity contribution in [3.05, 3.63) is 63.7 Å². The van der Waals surface area contributed by atoms with Crippen LogP contribution in [0.3, 0.4) is 0 Å². The number of rotatable bonds is 5. The van der Waals surface area contributed by atoms with E-state index in [0.717, 1.165) is 43.0 Å². The van der Waals surface area contributed by atoms with E-state index in [4.69, 9.17) is 16.6 Å². The summed E-state index contributed by atoms with van der Waals surface area (Å²) in [6.07, 6.45) is 1.94. The molecule has 0 aliphatic carbocycles. The van der Waals surface area contributed by atoms with Crippen molar-refractivity contribution in [1.82, 2.24) is 14.9 Å². The van der Waals surface area contributed by atoms with Crippen LogP contribution < -0.4 is 0 Å². The number of carbonyl (C=O) groups is 1. The first-order valence-electron chi connectivity index (χ1n) is 10.1.